The fourth-order valence-electron chi connectivity index (χ4n) is 2.16. The Bertz CT molecular complexity index is 470. The molecule has 0 atom stereocenters. The van der Waals surface area contributed by atoms with Crippen LogP contribution in [0.4, 0.5) is 0 Å². The van der Waals surface area contributed by atoms with Crippen LogP contribution < -0.4 is 10.6 Å². The quantitative estimate of drug-likeness (QED) is 0.870. The summed E-state index contributed by atoms with van der Waals surface area (Å²) >= 11 is 0. The lowest BCUT2D eigenvalue weighted by Gasteiger charge is -2.12. The van der Waals surface area contributed by atoms with E-state index in [0.29, 0.717) is 5.56 Å². The molecule has 4 nitrogen and oxygen atoms in total. The third-order valence-corrected chi connectivity index (χ3v) is 2.76. The van der Waals surface area contributed by atoms with Crippen LogP contribution in [0.5, 0.6) is 0 Å². The number of hydrogen-bond donors (Lipinski definition) is 2. The van der Waals surface area contributed by atoms with Gasteiger partial charge in [-0.05, 0) is 45.7 Å². The van der Waals surface area contributed by atoms with Crippen molar-refractivity contribution in [2.75, 3.05) is 6.54 Å². The van der Waals surface area contributed by atoms with Gasteiger partial charge < -0.3 is 10.6 Å². The topological polar surface area (TPSA) is 58.2 Å². The number of aryl methyl sites for hydroxylation is 3. The molecule has 104 valence electrons. The Balaban J connectivity index is 2.72. The minimum absolute atomic E-state index is 0.00374. The summed E-state index contributed by atoms with van der Waals surface area (Å²) in [4.78, 5) is 23.6. The summed E-state index contributed by atoms with van der Waals surface area (Å²) in [6.45, 7) is 9.58. The molecule has 0 heterocycles. The van der Waals surface area contributed by atoms with E-state index in [4.69, 9.17) is 0 Å². The van der Waals surface area contributed by atoms with Gasteiger partial charge in [-0.1, -0.05) is 17.7 Å². The molecule has 0 aromatic heterocycles. The highest BCUT2D eigenvalue weighted by Gasteiger charge is 2.13. The first-order chi connectivity index (χ1) is 8.81. The van der Waals surface area contributed by atoms with Gasteiger partial charge >= 0.3 is 0 Å². The van der Waals surface area contributed by atoms with E-state index in [1.807, 2.05) is 46.8 Å². The highest BCUT2D eigenvalue weighted by atomic mass is 16.2. The Kier molecular flexibility index (Phi) is 5.10. The molecule has 0 radical (unpaired) electrons. The maximum absolute atomic E-state index is 12.1. The van der Waals surface area contributed by atoms with Gasteiger partial charge in [0.05, 0.1) is 6.54 Å². The van der Waals surface area contributed by atoms with Crippen LogP contribution in [0.1, 0.15) is 40.9 Å². The molecule has 0 aliphatic rings. The maximum Gasteiger partial charge on any atom is 0.252 e. The van der Waals surface area contributed by atoms with Crippen molar-refractivity contribution in [2.24, 2.45) is 0 Å². The molecule has 1 rings (SSSR count). The molecule has 0 saturated carbocycles. The summed E-state index contributed by atoms with van der Waals surface area (Å²) in [5.74, 6) is -0.375. The summed E-state index contributed by atoms with van der Waals surface area (Å²) in [6, 6.07) is 4.01. The fourth-order valence-corrected chi connectivity index (χ4v) is 2.16. The summed E-state index contributed by atoms with van der Waals surface area (Å²) in [5, 5.41) is 5.39. The zero-order valence-electron chi connectivity index (χ0n) is 12.3. The predicted octanol–water partition coefficient (Wildman–Crippen LogP) is 1.87. The zero-order valence-corrected chi connectivity index (χ0v) is 12.3. The average molecular weight is 262 g/mol. The lowest BCUT2D eigenvalue weighted by molar-refractivity contribution is -0.120. The fraction of sp³-hybridized carbons (Fsp3) is 0.467. The van der Waals surface area contributed by atoms with Crippen molar-refractivity contribution >= 4 is 11.8 Å². The van der Waals surface area contributed by atoms with Crippen LogP contribution >= 0.6 is 0 Å². The van der Waals surface area contributed by atoms with E-state index in [0.717, 1.165) is 16.7 Å². The molecule has 1 aromatic rings. The van der Waals surface area contributed by atoms with E-state index < -0.39 is 0 Å². The van der Waals surface area contributed by atoms with Crippen molar-refractivity contribution in [1.29, 1.82) is 0 Å². The molecule has 1 aromatic carbocycles. The van der Waals surface area contributed by atoms with Gasteiger partial charge in [-0.2, -0.15) is 0 Å². The van der Waals surface area contributed by atoms with E-state index in [9.17, 15) is 9.59 Å². The molecule has 0 saturated heterocycles. The Labute approximate surface area is 114 Å². The van der Waals surface area contributed by atoms with Crippen LogP contribution in [0, 0.1) is 20.8 Å². The molecule has 0 spiro atoms. The largest absolute Gasteiger partial charge is 0.352 e. The van der Waals surface area contributed by atoms with Gasteiger partial charge in [-0.25, -0.2) is 0 Å². The van der Waals surface area contributed by atoms with Gasteiger partial charge in [0.15, 0.2) is 0 Å². The Morgan fingerprint density at radius 2 is 1.63 bits per heavy atom. The highest BCUT2D eigenvalue weighted by Crippen LogP contribution is 2.15. The smallest absolute Gasteiger partial charge is 0.252 e. The third-order valence-electron chi connectivity index (χ3n) is 2.76. The molecule has 0 aliphatic heterocycles. The minimum atomic E-state index is -0.200. The third kappa shape index (κ3) is 4.39. The molecular weight excluding hydrogens is 240 g/mol. The SMILES string of the molecule is Cc1cc(C)c(C(=O)NCC(=O)NC(C)C)c(C)c1. The van der Waals surface area contributed by atoms with E-state index in [2.05, 4.69) is 10.6 Å². The molecule has 0 unspecified atom stereocenters. The molecular formula is C15H22N2O2. The van der Waals surface area contributed by atoms with E-state index >= 15 is 0 Å². The number of rotatable bonds is 4. The van der Waals surface area contributed by atoms with Crippen molar-refractivity contribution in [1.82, 2.24) is 10.6 Å². The molecule has 0 aliphatic carbocycles. The molecule has 0 fully saturated rings. The second-order valence-corrected chi connectivity index (χ2v) is 5.18. The van der Waals surface area contributed by atoms with E-state index in [-0.39, 0.29) is 24.4 Å². The molecule has 2 N–H and O–H groups in total. The first-order valence-electron chi connectivity index (χ1n) is 6.46. The number of hydrogen-bond acceptors (Lipinski definition) is 2. The van der Waals surface area contributed by atoms with Gasteiger partial charge in [0.1, 0.15) is 0 Å². The zero-order chi connectivity index (χ0) is 14.6. The lowest BCUT2D eigenvalue weighted by atomic mass is 9.99. The minimum Gasteiger partial charge on any atom is -0.352 e. The number of carbonyl (C=O) groups excluding carboxylic acids is 2. The monoisotopic (exact) mass is 262 g/mol. The van der Waals surface area contributed by atoms with Gasteiger partial charge in [-0.15, -0.1) is 0 Å². The van der Waals surface area contributed by atoms with Crippen molar-refractivity contribution in [3.63, 3.8) is 0 Å². The second-order valence-electron chi connectivity index (χ2n) is 5.18. The van der Waals surface area contributed by atoms with E-state index in [1.54, 1.807) is 0 Å². The molecule has 2 amide bonds. The van der Waals surface area contributed by atoms with Crippen molar-refractivity contribution in [3.05, 3.63) is 34.4 Å². The lowest BCUT2D eigenvalue weighted by Crippen LogP contribution is -2.40. The Hall–Kier alpha value is -1.84. The van der Waals surface area contributed by atoms with Crippen LogP contribution in [0.3, 0.4) is 0 Å². The number of carbonyl (C=O) groups is 2. The van der Waals surface area contributed by atoms with Crippen LogP contribution in [0.25, 0.3) is 0 Å². The predicted molar refractivity (Wildman–Crippen MR) is 76.3 cm³/mol. The van der Waals surface area contributed by atoms with Crippen LogP contribution in [0.15, 0.2) is 12.1 Å². The summed E-state index contributed by atoms with van der Waals surface area (Å²) in [5.41, 5.74) is 3.64. The summed E-state index contributed by atoms with van der Waals surface area (Å²) in [6.07, 6.45) is 0. The Morgan fingerprint density at radius 1 is 1.11 bits per heavy atom. The van der Waals surface area contributed by atoms with Gasteiger partial charge in [0, 0.05) is 11.6 Å². The summed E-state index contributed by atoms with van der Waals surface area (Å²) < 4.78 is 0. The second kappa shape index (κ2) is 6.36. The normalized spacial score (nSPS) is 10.4. The number of nitrogens with one attached hydrogen (secondary N) is 2. The highest BCUT2D eigenvalue weighted by molar-refractivity contribution is 5.99. The van der Waals surface area contributed by atoms with Crippen molar-refractivity contribution in [3.8, 4) is 0 Å². The Morgan fingerprint density at radius 3 is 2.11 bits per heavy atom. The summed E-state index contributed by atoms with van der Waals surface area (Å²) in [7, 11) is 0. The van der Waals surface area contributed by atoms with Crippen LogP contribution in [0.2, 0.25) is 0 Å². The van der Waals surface area contributed by atoms with Crippen LogP contribution in [-0.4, -0.2) is 24.4 Å². The average Bonchev–Trinajstić information content (AvgIpc) is 2.23. The molecule has 0 bridgehead atoms. The standard InChI is InChI=1S/C15H22N2O2/c1-9(2)17-13(18)8-16-15(19)14-11(4)6-10(3)7-12(14)5/h6-7,9H,8H2,1-5H3,(H,16,19)(H,17,18). The first kappa shape index (κ1) is 15.2. The van der Waals surface area contributed by atoms with Crippen molar-refractivity contribution < 1.29 is 9.59 Å². The van der Waals surface area contributed by atoms with E-state index in [1.165, 1.54) is 0 Å². The number of benzene rings is 1. The van der Waals surface area contributed by atoms with Gasteiger partial charge in [0.25, 0.3) is 5.91 Å². The first-order valence-corrected chi connectivity index (χ1v) is 6.46. The van der Waals surface area contributed by atoms with Crippen molar-refractivity contribution in [2.45, 2.75) is 40.7 Å². The van der Waals surface area contributed by atoms with Gasteiger partial charge in [-0.3, -0.25) is 9.59 Å². The molecule has 19 heavy (non-hydrogen) atoms. The maximum atomic E-state index is 12.1. The molecule has 4 heteroatoms. The number of amides is 2. The van der Waals surface area contributed by atoms with Crippen LogP contribution in [-0.2, 0) is 4.79 Å². The van der Waals surface area contributed by atoms with Gasteiger partial charge in [0.2, 0.25) is 5.91 Å².